The molecule has 0 bridgehead atoms. The van der Waals surface area contributed by atoms with Crippen LogP contribution in [-0.4, -0.2) is 6.61 Å². The minimum Gasteiger partial charge on any atom is -0.433 e. The van der Waals surface area contributed by atoms with Crippen molar-refractivity contribution in [3.63, 3.8) is 0 Å². The zero-order chi connectivity index (χ0) is 15.4. The van der Waals surface area contributed by atoms with Crippen LogP contribution < -0.4 is 10.1 Å². The Morgan fingerprint density at radius 1 is 0.952 bits per heavy atom. The smallest absolute Gasteiger partial charge is 0.387 e. The largest absolute Gasteiger partial charge is 0.433 e. The first kappa shape index (κ1) is 15.2. The standard InChI is InChI=1S/C15H13F4NO/c1-9(14-10(16)5-4-6-11(14)17)20-12-7-2-3-8-13(12)21-15(18)19/h2-9,15,20H,1H3. The van der Waals surface area contributed by atoms with Gasteiger partial charge >= 0.3 is 6.61 Å². The summed E-state index contributed by atoms with van der Waals surface area (Å²) < 4.78 is 56.4. The molecular weight excluding hydrogens is 286 g/mol. The van der Waals surface area contributed by atoms with E-state index in [0.717, 1.165) is 12.1 Å². The van der Waals surface area contributed by atoms with Crippen LogP contribution in [0, 0.1) is 11.6 Å². The summed E-state index contributed by atoms with van der Waals surface area (Å²) in [6.07, 6.45) is 0. The third kappa shape index (κ3) is 3.65. The van der Waals surface area contributed by atoms with Crippen LogP contribution in [0.2, 0.25) is 0 Å². The highest BCUT2D eigenvalue weighted by Crippen LogP contribution is 2.30. The maximum Gasteiger partial charge on any atom is 0.387 e. The molecule has 0 spiro atoms. The predicted molar refractivity (Wildman–Crippen MR) is 71.5 cm³/mol. The molecule has 2 rings (SSSR count). The van der Waals surface area contributed by atoms with E-state index in [-0.39, 0.29) is 17.0 Å². The van der Waals surface area contributed by atoms with Gasteiger partial charge < -0.3 is 10.1 Å². The van der Waals surface area contributed by atoms with Crippen LogP contribution in [0.3, 0.4) is 0 Å². The van der Waals surface area contributed by atoms with Crippen LogP contribution in [0.25, 0.3) is 0 Å². The molecule has 0 fully saturated rings. The molecule has 0 amide bonds. The summed E-state index contributed by atoms with van der Waals surface area (Å²) in [5, 5.41) is 2.78. The lowest BCUT2D eigenvalue weighted by atomic mass is 10.1. The second-order valence-electron chi connectivity index (χ2n) is 4.38. The van der Waals surface area contributed by atoms with Gasteiger partial charge in [0, 0.05) is 5.56 Å². The van der Waals surface area contributed by atoms with Gasteiger partial charge in [-0.1, -0.05) is 18.2 Å². The highest BCUT2D eigenvalue weighted by Gasteiger charge is 2.18. The Labute approximate surface area is 119 Å². The number of halogens is 4. The average molecular weight is 299 g/mol. The monoisotopic (exact) mass is 299 g/mol. The number of hydrogen-bond donors (Lipinski definition) is 1. The molecule has 0 saturated carbocycles. The number of rotatable bonds is 5. The van der Waals surface area contributed by atoms with Crippen LogP contribution in [0.5, 0.6) is 5.75 Å². The highest BCUT2D eigenvalue weighted by molar-refractivity contribution is 5.57. The van der Waals surface area contributed by atoms with Crippen molar-refractivity contribution >= 4 is 5.69 Å². The zero-order valence-electron chi connectivity index (χ0n) is 11.1. The number of ether oxygens (including phenoxy) is 1. The summed E-state index contributed by atoms with van der Waals surface area (Å²) in [5.41, 5.74) is 0.0669. The van der Waals surface area contributed by atoms with E-state index < -0.39 is 24.3 Å². The fourth-order valence-corrected chi connectivity index (χ4v) is 2.01. The Morgan fingerprint density at radius 2 is 1.57 bits per heavy atom. The Morgan fingerprint density at radius 3 is 2.19 bits per heavy atom. The Hall–Kier alpha value is -2.24. The second-order valence-corrected chi connectivity index (χ2v) is 4.38. The molecule has 0 aliphatic rings. The molecule has 2 aromatic rings. The average Bonchev–Trinajstić information content (AvgIpc) is 2.40. The van der Waals surface area contributed by atoms with Crippen molar-refractivity contribution in [2.75, 3.05) is 5.32 Å². The van der Waals surface area contributed by atoms with Crippen LogP contribution in [0.1, 0.15) is 18.5 Å². The van der Waals surface area contributed by atoms with Gasteiger partial charge in [-0.3, -0.25) is 0 Å². The molecule has 0 aliphatic heterocycles. The van der Waals surface area contributed by atoms with E-state index in [9.17, 15) is 17.6 Å². The summed E-state index contributed by atoms with van der Waals surface area (Å²) in [6, 6.07) is 8.74. The lowest BCUT2D eigenvalue weighted by molar-refractivity contribution is -0.0493. The van der Waals surface area contributed by atoms with Crippen molar-refractivity contribution in [2.24, 2.45) is 0 Å². The predicted octanol–water partition coefficient (Wildman–Crippen LogP) is 4.74. The van der Waals surface area contributed by atoms with E-state index in [4.69, 9.17) is 0 Å². The maximum absolute atomic E-state index is 13.7. The number of benzene rings is 2. The van der Waals surface area contributed by atoms with Gasteiger partial charge in [0.25, 0.3) is 0 Å². The SMILES string of the molecule is CC(Nc1ccccc1OC(F)F)c1c(F)cccc1F. The number of para-hydroxylation sites is 2. The molecule has 0 aromatic heterocycles. The minimum atomic E-state index is -2.98. The van der Waals surface area contributed by atoms with Gasteiger partial charge in [0.2, 0.25) is 0 Å². The number of nitrogens with one attached hydrogen (secondary N) is 1. The van der Waals surface area contributed by atoms with Gasteiger partial charge in [-0.25, -0.2) is 8.78 Å². The lowest BCUT2D eigenvalue weighted by Crippen LogP contribution is -2.12. The first-order chi connectivity index (χ1) is 9.99. The van der Waals surface area contributed by atoms with Crippen molar-refractivity contribution in [3.8, 4) is 5.75 Å². The van der Waals surface area contributed by atoms with E-state index in [1.807, 2.05) is 0 Å². The molecule has 21 heavy (non-hydrogen) atoms. The Kier molecular flexibility index (Phi) is 4.67. The molecular formula is C15H13F4NO. The molecule has 0 saturated heterocycles. The third-order valence-electron chi connectivity index (χ3n) is 2.91. The van der Waals surface area contributed by atoms with Crippen LogP contribution >= 0.6 is 0 Å². The molecule has 0 radical (unpaired) electrons. The number of anilines is 1. The van der Waals surface area contributed by atoms with Crippen molar-refractivity contribution in [2.45, 2.75) is 19.6 Å². The molecule has 0 aliphatic carbocycles. The summed E-state index contributed by atoms with van der Waals surface area (Å²) in [6.45, 7) is -1.45. The van der Waals surface area contributed by atoms with Crippen molar-refractivity contribution in [1.82, 2.24) is 0 Å². The quantitative estimate of drug-likeness (QED) is 0.805. The van der Waals surface area contributed by atoms with Crippen molar-refractivity contribution < 1.29 is 22.3 Å². The van der Waals surface area contributed by atoms with Crippen molar-refractivity contribution in [3.05, 3.63) is 59.7 Å². The molecule has 1 atom stereocenters. The molecule has 112 valence electrons. The van der Waals surface area contributed by atoms with Gasteiger partial charge in [-0.2, -0.15) is 8.78 Å². The summed E-state index contributed by atoms with van der Waals surface area (Å²) >= 11 is 0. The van der Waals surface area contributed by atoms with E-state index >= 15 is 0 Å². The third-order valence-corrected chi connectivity index (χ3v) is 2.91. The summed E-state index contributed by atoms with van der Waals surface area (Å²) in [5.74, 6) is -1.50. The van der Waals surface area contributed by atoms with Gasteiger partial charge in [0.15, 0.2) is 0 Å². The minimum absolute atomic E-state index is 0.0869. The zero-order valence-corrected chi connectivity index (χ0v) is 11.1. The summed E-state index contributed by atoms with van der Waals surface area (Å²) in [4.78, 5) is 0. The lowest BCUT2D eigenvalue weighted by Gasteiger charge is -2.19. The van der Waals surface area contributed by atoms with E-state index in [1.54, 1.807) is 6.07 Å². The van der Waals surface area contributed by atoms with Crippen molar-refractivity contribution in [1.29, 1.82) is 0 Å². The molecule has 1 unspecified atom stereocenters. The van der Waals surface area contributed by atoms with Gasteiger partial charge in [-0.15, -0.1) is 0 Å². The van der Waals surface area contributed by atoms with Gasteiger partial charge in [0.05, 0.1) is 11.7 Å². The fraction of sp³-hybridized carbons (Fsp3) is 0.200. The maximum atomic E-state index is 13.7. The van der Waals surface area contributed by atoms with Crippen LogP contribution in [-0.2, 0) is 0 Å². The number of alkyl halides is 2. The molecule has 1 N–H and O–H groups in total. The second kappa shape index (κ2) is 6.47. The Balaban J connectivity index is 2.26. The summed E-state index contributed by atoms with van der Waals surface area (Å²) in [7, 11) is 0. The topological polar surface area (TPSA) is 21.3 Å². The van der Waals surface area contributed by atoms with Crippen LogP contribution in [0.4, 0.5) is 23.2 Å². The van der Waals surface area contributed by atoms with E-state index in [2.05, 4.69) is 10.1 Å². The van der Waals surface area contributed by atoms with Gasteiger partial charge in [-0.05, 0) is 31.2 Å². The van der Waals surface area contributed by atoms with Crippen LogP contribution in [0.15, 0.2) is 42.5 Å². The molecule has 6 heteroatoms. The first-order valence-corrected chi connectivity index (χ1v) is 6.23. The highest BCUT2D eigenvalue weighted by atomic mass is 19.3. The Bertz CT molecular complexity index is 598. The molecule has 0 heterocycles. The molecule has 2 aromatic carbocycles. The number of hydrogen-bond acceptors (Lipinski definition) is 2. The fourth-order valence-electron chi connectivity index (χ4n) is 2.01. The molecule has 2 nitrogen and oxygen atoms in total. The normalized spacial score (nSPS) is 12.3. The van der Waals surface area contributed by atoms with E-state index in [0.29, 0.717) is 0 Å². The van der Waals surface area contributed by atoms with E-state index in [1.165, 1.54) is 31.2 Å². The first-order valence-electron chi connectivity index (χ1n) is 6.23. The van der Waals surface area contributed by atoms with Gasteiger partial charge in [0.1, 0.15) is 17.4 Å².